The lowest BCUT2D eigenvalue weighted by atomic mass is 10.1. The van der Waals surface area contributed by atoms with Crippen molar-refractivity contribution >= 4 is 17.8 Å². The van der Waals surface area contributed by atoms with E-state index in [1.807, 2.05) is 24.3 Å². The number of carbonyl (C=O) groups is 3. The van der Waals surface area contributed by atoms with E-state index in [0.717, 1.165) is 11.3 Å². The van der Waals surface area contributed by atoms with E-state index in [-0.39, 0.29) is 18.2 Å². The highest BCUT2D eigenvalue weighted by molar-refractivity contribution is 6.21. The maximum Gasteiger partial charge on any atom is 0.303 e. The van der Waals surface area contributed by atoms with Gasteiger partial charge in [-0.3, -0.25) is 19.3 Å². The van der Waals surface area contributed by atoms with Crippen LogP contribution in [0.15, 0.2) is 48.5 Å². The van der Waals surface area contributed by atoms with Crippen LogP contribution in [0.25, 0.3) is 0 Å². The van der Waals surface area contributed by atoms with Crippen LogP contribution in [-0.2, 0) is 11.2 Å². The molecule has 0 fully saturated rings. The molecule has 3 rings (SSSR count). The molecule has 27 heavy (non-hydrogen) atoms. The Kier molecular flexibility index (Phi) is 5.86. The van der Waals surface area contributed by atoms with E-state index >= 15 is 0 Å². The Labute approximate surface area is 157 Å². The third kappa shape index (κ3) is 4.53. The number of ether oxygens (including phenoxy) is 1. The third-order valence-corrected chi connectivity index (χ3v) is 4.48. The Bertz CT molecular complexity index is 809. The number of nitrogens with zero attached hydrogens (tertiary/aromatic N) is 1. The van der Waals surface area contributed by atoms with Crippen LogP contribution in [0.5, 0.6) is 5.75 Å². The molecule has 1 N–H and O–H groups in total. The zero-order valence-electron chi connectivity index (χ0n) is 14.9. The van der Waals surface area contributed by atoms with Gasteiger partial charge in [0, 0.05) is 13.0 Å². The molecule has 0 atom stereocenters. The minimum atomic E-state index is -0.794. The third-order valence-electron chi connectivity index (χ3n) is 4.48. The number of hydrogen-bond acceptors (Lipinski definition) is 4. The molecule has 1 aliphatic rings. The lowest BCUT2D eigenvalue weighted by molar-refractivity contribution is -0.137. The maximum absolute atomic E-state index is 12.3. The fourth-order valence-corrected chi connectivity index (χ4v) is 3.00. The number of fused-ring (bicyclic) bond motifs is 1. The Balaban J connectivity index is 1.47. The van der Waals surface area contributed by atoms with Crippen LogP contribution in [0.2, 0.25) is 0 Å². The summed E-state index contributed by atoms with van der Waals surface area (Å²) in [7, 11) is 0. The summed E-state index contributed by atoms with van der Waals surface area (Å²) in [5, 5.41) is 8.59. The van der Waals surface area contributed by atoms with Crippen LogP contribution in [0.1, 0.15) is 45.5 Å². The second-order valence-corrected chi connectivity index (χ2v) is 6.40. The van der Waals surface area contributed by atoms with E-state index in [0.29, 0.717) is 43.5 Å². The van der Waals surface area contributed by atoms with E-state index in [1.54, 1.807) is 24.3 Å². The summed E-state index contributed by atoms with van der Waals surface area (Å²) in [4.78, 5) is 36.4. The van der Waals surface area contributed by atoms with Crippen molar-refractivity contribution in [1.29, 1.82) is 0 Å². The van der Waals surface area contributed by atoms with Gasteiger partial charge in [-0.15, -0.1) is 0 Å². The second kappa shape index (κ2) is 8.49. The number of carbonyl (C=O) groups excluding carboxylic acids is 2. The summed E-state index contributed by atoms with van der Waals surface area (Å²) in [5.41, 5.74) is 1.94. The van der Waals surface area contributed by atoms with Crippen molar-refractivity contribution in [3.63, 3.8) is 0 Å². The zero-order chi connectivity index (χ0) is 19.2. The van der Waals surface area contributed by atoms with Gasteiger partial charge in [0.15, 0.2) is 0 Å². The molecule has 6 nitrogen and oxygen atoms in total. The molecule has 6 heteroatoms. The molecule has 2 aromatic rings. The van der Waals surface area contributed by atoms with Crippen molar-refractivity contribution in [2.45, 2.75) is 25.7 Å². The number of amides is 2. The smallest absolute Gasteiger partial charge is 0.303 e. The summed E-state index contributed by atoms with van der Waals surface area (Å²) < 4.78 is 5.59. The van der Waals surface area contributed by atoms with Crippen LogP contribution in [0, 0.1) is 0 Å². The Morgan fingerprint density at radius 2 is 1.56 bits per heavy atom. The quantitative estimate of drug-likeness (QED) is 0.544. The van der Waals surface area contributed by atoms with Crippen molar-refractivity contribution in [3.8, 4) is 5.75 Å². The first-order chi connectivity index (χ1) is 13.1. The summed E-state index contributed by atoms with van der Waals surface area (Å²) >= 11 is 0. The van der Waals surface area contributed by atoms with Gasteiger partial charge in [-0.1, -0.05) is 24.3 Å². The second-order valence-electron chi connectivity index (χ2n) is 6.40. The molecular weight excluding hydrogens is 346 g/mol. The Hall–Kier alpha value is -3.15. The number of hydrogen-bond donors (Lipinski definition) is 1. The molecule has 1 heterocycles. The lowest BCUT2D eigenvalue weighted by Gasteiger charge is -2.14. The number of carboxylic acid groups (broad SMARTS) is 1. The van der Waals surface area contributed by atoms with Crippen molar-refractivity contribution < 1.29 is 24.2 Å². The standard InChI is InChI=1S/C21H21NO5/c23-19(24)7-3-4-14-27-16-10-8-15(9-11-16)12-13-22-20(25)17-5-1-2-6-18(17)21(22)26/h1-2,5-6,8-11H,3-4,7,12-14H2,(H,23,24). The van der Waals surface area contributed by atoms with Crippen molar-refractivity contribution in [2.24, 2.45) is 0 Å². The summed E-state index contributed by atoms with van der Waals surface area (Å²) in [6.07, 6.45) is 2.01. The van der Waals surface area contributed by atoms with Gasteiger partial charge in [0.25, 0.3) is 11.8 Å². The number of rotatable bonds is 9. The van der Waals surface area contributed by atoms with E-state index in [1.165, 1.54) is 4.90 Å². The van der Waals surface area contributed by atoms with Gasteiger partial charge >= 0.3 is 5.97 Å². The minimum Gasteiger partial charge on any atom is -0.494 e. The van der Waals surface area contributed by atoms with Crippen LogP contribution in [-0.4, -0.2) is 40.9 Å². The zero-order valence-corrected chi connectivity index (χ0v) is 14.9. The number of carboxylic acids is 1. The van der Waals surface area contributed by atoms with Gasteiger partial charge in [-0.2, -0.15) is 0 Å². The van der Waals surface area contributed by atoms with Crippen molar-refractivity contribution in [2.75, 3.05) is 13.2 Å². The summed E-state index contributed by atoms with van der Waals surface area (Å²) in [6.45, 7) is 0.809. The first-order valence-corrected chi connectivity index (χ1v) is 8.95. The topological polar surface area (TPSA) is 83.9 Å². The fourth-order valence-electron chi connectivity index (χ4n) is 3.00. The molecular formula is C21H21NO5. The molecule has 0 saturated heterocycles. The van der Waals surface area contributed by atoms with E-state index in [9.17, 15) is 14.4 Å². The number of unbranched alkanes of at least 4 members (excludes halogenated alkanes) is 1. The molecule has 0 aromatic heterocycles. The highest BCUT2D eigenvalue weighted by atomic mass is 16.5. The maximum atomic E-state index is 12.3. The Morgan fingerprint density at radius 3 is 2.15 bits per heavy atom. The Morgan fingerprint density at radius 1 is 0.926 bits per heavy atom. The minimum absolute atomic E-state index is 0.153. The van der Waals surface area contributed by atoms with Gasteiger partial charge in [0.1, 0.15) is 5.75 Å². The van der Waals surface area contributed by atoms with Crippen molar-refractivity contribution in [3.05, 3.63) is 65.2 Å². The summed E-state index contributed by atoms with van der Waals surface area (Å²) in [5.74, 6) is -0.555. The number of aliphatic carboxylic acids is 1. The normalized spacial score (nSPS) is 13.0. The first kappa shape index (κ1) is 18.6. The average Bonchev–Trinajstić information content (AvgIpc) is 2.91. The monoisotopic (exact) mass is 367 g/mol. The van der Waals surface area contributed by atoms with E-state index in [2.05, 4.69) is 0 Å². The number of benzene rings is 2. The molecule has 0 spiro atoms. The highest BCUT2D eigenvalue weighted by Crippen LogP contribution is 2.23. The average molecular weight is 367 g/mol. The van der Waals surface area contributed by atoms with Crippen LogP contribution in [0.4, 0.5) is 0 Å². The molecule has 0 bridgehead atoms. The van der Waals surface area contributed by atoms with Crippen LogP contribution >= 0.6 is 0 Å². The molecule has 2 aromatic carbocycles. The van der Waals surface area contributed by atoms with Gasteiger partial charge in [-0.05, 0) is 49.1 Å². The molecule has 2 amide bonds. The van der Waals surface area contributed by atoms with Gasteiger partial charge < -0.3 is 9.84 Å². The molecule has 0 saturated carbocycles. The SMILES string of the molecule is O=C(O)CCCCOc1ccc(CCN2C(=O)c3ccccc3C2=O)cc1. The van der Waals surface area contributed by atoms with Crippen LogP contribution in [0.3, 0.4) is 0 Å². The predicted octanol–water partition coefficient (Wildman–Crippen LogP) is 3.16. The molecule has 0 unspecified atom stereocenters. The molecule has 0 aliphatic carbocycles. The summed E-state index contributed by atoms with van der Waals surface area (Å²) in [6, 6.07) is 14.4. The first-order valence-electron chi connectivity index (χ1n) is 8.95. The molecule has 140 valence electrons. The van der Waals surface area contributed by atoms with E-state index < -0.39 is 5.97 Å². The highest BCUT2D eigenvalue weighted by Gasteiger charge is 2.34. The van der Waals surface area contributed by atoms with Crippen LogP contribution < -0.4 is 4.74 Å². The van der Waals surface area contributed by atoms with Gasteiger partial charge in [-0.25, -0.2) is 0 Å². The lowest BCUT2D eigenvalue weighted by Crippen LogP contribution is -2.31. The van der Waals surface area contributed by atoms with Gasteiger partial charge in [0.2, 0.25) is 0 Å². The van der Waals surface area contributed by atoms with E-state index in [4.69, 9.17) is 9.84 Å². The molecule has 1 aliphatic heterocycles. The van der Waals surface area contributed by atoms with Crippen molar-refractivity contribution in [1.82, 2.24) is 4.90 Å². The predicted molar refractivity (Wildman–Crippen MR) is 98.9 cm³/mol. The molecule has 0 radical (unpaired) electrons. The van der Waals surface area contributed by atoms with Gasteiger partial charge in [0.05, 0.1) is 17.7 Å². The fraction of sp³-hybridized carbons (Fsp3) is 0.286. The number of imide groups is 1. The largest absolute Gasteiger partial charge is 0.494 e.